The number of hydrogen-bond acceptors (Lipinski definition) is 5. The summed E-state index contributed by atoms with van der Waals surface area (Å²) >= 11 is 0. The monoisotopic (exact) mass is 349 g/mol. The molecule has 0 saturated carbocycles. The van der Waals surface area contributed by atoms with E-state index in [0.717, 1.165) is 0 Å². The van der Waals surface area contributed by atoms with Crippen LogP contribution in [0.2, 0.25) is 0 Å². The largest absolute Gasteiger partial charge is 0.481 e. The SMILES string of the molecule is COc1ccc(NC(=O)c2ccc(S(=O)(=O)NC(C)C)cc2)cn1. The molecule has 2 N–H and O–H groups in total. The summed E-state index contributed by atoms with van der Waals surface area (Å²) in [4.78, 5) is 16.3. The molecule has 1 aromatic carbocycles. The summed E-state index contributed by atoms with van der Waals surface area (Å²) < 4.78 is 31.5. The first-order chi connectivity index (χ1) is 11.3. The lowest BCUT2D eigenvalue weighted by molar-refractivity contribution is 0.102. The Morgan fingerprint density at radius 1 is 1.12 bits per heavy atom. The molecule has 8 heteroatoms. The molecular weight excluding hydrogens is 330 g/mol. The van der Waals surface area contributed by atoms with E-state index in [-0.39, 0.29) is 16.8 Å². The highest BCUT2D eigenvalue weighted by molar-refractivity contribution is 7.89. The minimum absolute atomic E-state index is 0.110. The fraction of sp³-hybridized carbons (Fsp3) is 0.250. The Labute approximate surface area is 141 Å². The lowest BCUT2D eigenvalue weighted by atomic mass is 10.2. The summed E-state index contributed by atoms with van der Waals surface area (Å²) in [7, 11) is -2.07. The molecule has 0 fully saturated rings. The van der Waals surface area contributed by atoms with Crippen LogP contribution in [0.4, 0.5) is 5.69 Å². The molecule has 0 radical (unpaired) electrons. The highest BCUT2D eigenvalue weighted by Crippen LogP contribution is 2.14. The van der Waals surface area contributed by atoms with E-state index >= 15 is 0 Å². The molecule has 0 unspecified atom stereocenters. The number of pyridine rings is 1. The van der Waals surface area contributed by atoms with Crippen LogP contribution >= 0.6 is 0 Å². The molecule has 7 nitrogen and oxygen atoms in total. The zero-order chi connectivity index (χ0) is 17.7. The molecule has 0 aliphatic heterocycles. The maximum atomic E-state index is 12.2. The number of carbonyl (C=O) groups excluding carboxylic acids is 1. The van der Waals surface area contributed by atoms with Crippen molar-refractivity contribution in [3.8, 4) is 5.88 Å². The lowest BCUT2D eigenvalue weighted by Gasteiger charge is -2.10. The number of ether oxygens (including phenoxy) is 1. The second kappa shape index (κ2) is 7.41. The van der Waals surface area contributed by atoms with Gasteiger partial charge in [0.15, 0.2) is 0 Å². The van der Waals surface area contributed by atoms with Gasteiger partial charge in [-0.05, 0) is 44.2 Å². The normalized spacial score (nSPS) is 11.3. The lowest BCUT2D eigenvalue weighted by Crippen LogP contribution is -2.30. The van der Waals surface area contributed by atoms with Gasteiger partial charge in [-0.2, -0.15) is 0 Å². The molecule has 0 spiro atoms. The number of nitrogens with zero attached hydrogens (tertiary/aromatic N) is 1. The standard InChI is InChI=1S/C16H19N3O4S/c1-11(2)19-24(21,22)14-7-4-12(5-8-14)16(20)18-13-6-9-15(23-3)17-10-13/h4-11,19H,1-3H3,(H,18,20). The Kier molecular flexibility index (Phi) is 5.53. The third-order valence-corrected chi connectivity index (χ3v) is 4.70. The van der Waals surface area contributed by atoms with Crippen LogP contribution in [0.15, 0.2) is 47.5 Å². The zero-order valence-corrected chi connectivity index (χ0v) is 14.4. The molecule has 0 bridgehead atoms. The molecule has 2 rings (SSSR count). The molecule has 2 aromatic rings. The first kappa shape index (κ1) is 17.9. The number of aromatic nitrogens is 1. The summed E-state index contributed by atoms with van der Waals surface area (Å²) in [6.45, 7) is 3.48. The summed E-state index contributed by atoms with van der Waals surface area (Å²) in [5.41, 5.74) is 0.855. The number of hydrogen-bond donors (Lipinski definition) is 2. The van der Waals surface area contributed by atoms with Crippen LogP contribution in [0.5, 0.6) is 5.88 Å². The number of nitrogens with one attached hydrogen (secondary N) is 2. The number of benzene rings is 1. The zero-order valence-electron chi connectivity index (χ0n) is 13.6. The van der Waals surface area contributed by atoms with Crippen LogP contribution in [0.3, 0.4) is 0 Å². The first-order valence-electron chi connectivity index (χ1n) is 7.25. The molecule has 0 aliphatic rings. The molecule has 0 aliphatic carbocycles. The first-order valence-corrected chi connectivity index (χ1v) is 8.74. The molecular formula is C16H19N3O4S. The van der Waals surface area contributed by atoms with E-state index in [1.807, 2.05) is 0 Å². The Bertz CT molecular complexity index is 800. The second-order valence-electron chi connectivity index (χ2n) is 5.34. The van der Waals surface area contributed by atoms with Gasteiger partial charge in [0.05, 0.1) is 23.9 Å². The van der Waals surface area contributed by atoms with Crippen molar-refractivity contribution in [1.82, 2.24) is 9.71 Å². The van der Waals surface area contributed by atoms with Gasteiger partial charge < -0.3 is 10.1 Å². The fourth-order valence-electron chi connectivity index (χ4n) is 1.94. The summed E-state index contributed by atoms with van der Waals surface area (Å²) in [5, 5.41) is 2.68. The molecule has 1 aromatic heterocycles. The van der Waals surface area contributed by atoms with Crippen LogP contribution in [0.1, 0.15) is 24.2 Å². The summed E-state index contributed by atoms with van der Waals surface area (Å²) in [5.74, 6) is 0.0861. The second-order valence-corrected chi connectivity index (χ2v) is 7.06. The van der Waals surface area contributed by atoms with E-state index < -0.39 is 10.0 Å². The summed E-state index contributed by atoms with van der Waals surface area (Å²) in [6.07, 6.45) is 1.47. The molecule has 1 amide bonds. The third-order valence-electron chi connectivity index (χ3n) is 3.02. The number of carbonyl (C=O) groups is 1. The van der Waals surface area contributed by atoms with E-state index in [2.05, 4.69) is 15.0 Å². The fourth-order valence-corrected chi connectivity index (χ4v) is 3.19. The van der Waals surface area contributed by atoms with Crippen molar-refractivity contribution in [3.63, 3.8) is 0 Å². The highest BCUT2D eigenvalue weighted by Gasteiger charge is 2.16. The minimum atomic E-state index is -3.57. The average molecular weight is 349 g/mol. The van der Waals surface area contributed by atoms with Crippen molar-refractivity contribution in [3.05, 3.63) is 48.2 Å². The van der Waals surface area contributed by atoms with E-state index in [1.54, 1.807) is 26.0 Å². The highest BCUT2D eigenvalue weighted by atomic mass is 32.2. The van der Waals surface area contributed by atoms with E-state index in [1.165, 1.54) is 37.6 Å². The van der Waals surface area contributed by atoms with Gasteiger partial charge in [0.25, 0.3) is 5.91 Å². The maximum Gasteiger partial charge on any atom is 0.255 e. The summed E-state index contributed by atoms with van der Waals surface area (Å²) in [6, 6.07) is 8.79. The molecule has 0 atom stereocenters. The van der Waals surface area contributed by atoms with Gasteiger partial charge in [0.1, 0.15) is 0 Å². The van der Waals surface area contributed by atoms with Crippen molar-refractivity contribution in [1.29, 1.82) is 0 Å². The maximum absolute atomic E-state index is 12.2. The van der Waals surface area contributed by atoms with Crippen molar-refractivity contribution in [2.24, 2.45) is 0 Å². The number of rotatable bonds is 6. The van der Waals surface area contributed by atoms with Crippen LogP contribution in [-0.2, 0) is 10.0 Å². The van der Waals surface area contributed by atoms with E-state index in [4.69, 9.17) is 4.74 Å². The predicted molar refractivity (Wildman–Crippen MR) is 90.6 cm³/mol. The van der Waals surface area contributed by atoms with Crippen LogP contribution in [0, 0.1) is 0 Å². The van der Waals surface area contributed by atoms with Gasteiger partial charge in [-0.15, -0.1) is 0 Å². The van der Waals surface area contributed by atoms with Gasteiger partial charge >= 0.3 is 0 Å². The Morgan fingerprint density at radius 3 is 2.29 bits per heavy atom. The van der Waals surface area contributed by atoms with Crippen LogP contribution in [-0.4, -0.2) is 32.5 Å². The topological polar surface area (TPSA) is 97.4 Å². The Hall–Kier alpha value is -2.45. The quantitative estimate of drug-likeness (QED) is 0.832. The number of anilines is 1. The van der Waals surface area contributed by atoms with Gasteiger partial charge in [-0.1, -0.05) is 0 Å². The van der Waals surface area contributed by atoms with Gasteiger partial charge in [0.2, 0.25) is 15.9 Å². The van der Waals surface area contributed by atoms with Gasteiger partial charge in [-0.3, -0.25) is 4.79 Å². The molecule has 24 heavy (non-hydrogen) atoms. The smallest absolute Gasteiger partial charge is 0.255 e. The molecule has 0 saturated heterocycles. The molecule has 1 heterocycles. The molecule has 128 valence electrons. The van der Waals surface area contributed by atoms with Crippen molar-refractivity contribution >= 4 is 21.6 Å². The van der Waals surface area contributed by atoms with Crippen LogP contribution < -0.4 is 14.8 Å². The number of methoxy groups -OCH3 is 1. The third kappa shape index (κ3) is 4.53. The van der Waals surface area contributed by atoms with Gasteiger partial charge in [-0.25, -0.2) is 18.1 Å². The number of sulfonamides is 1. The van der Waals surface area contributed by atoms with E-state index in [0.29, 0.717) is 17.1 Å². The van der Waals surface area contributed by atoms with Gasteiger partial charge in [0, 0.05) is 17.7 Å². The van der Waals surface area contributed by atoms with Crippen LogP contribution in [0.25, 0.3) is 0 Å². The minimum Gasteiger partial charge on any atom is -0.481 e. The van der Waals surface area contributed by atoms with Crippen molar-refractivity contribution in [2.45, 2.75) is 24.8 Å². The Morgan fingerprint density at radius 2 is 1.79 bits per heavy atom. The number of amides is 1. The van der Waals surface area contributed by atoms with Crippen molar-refractivity contribution in [2.75, 3.05) is 12.4 Å². The van der Waals surface area contributed by atoms with Crippen molar-refractivity contribution < 1.29 is 17.9 Å². The average Bonchev–Trinajstić information content (AvgIpc) is 2.54. The Balaban J connectivity index is 2.10. The van der Waals surface area contributed by atoms with E-state index in [9.17, 15) is 13.2 Å². The predicted octanol–water partition coefficient (Wildman–Crippen LogP) is 2.03.